The summed E-state index contributed by atoms with van der Waals surface area (Å²) in [4.78, 5) is 33.4. The molecular formula is C28H37N3O4S2. The Bertz CT molecular complexity index is 1170. The summed E-state index contributed by atoms with van der Waals surface area (Å²) in [5.41, 5.74) is 0.301. The first-order valence-corrected chi connectivity index (χ1v) is 14.8. The van der Waals surface area contributed by atoms with E-state index in [-0.39, 0.29) is 34.3 Å². The number of ether oxygens (including phenoxy) is 1. The number of carboxylic acid groups (broad SMARTS) is 1. The van der Waals surface area contributed by atoms with E-state index in [1.165, 1.54) is 11.5 Å². The first-order valence-electron chi connectivity index (χ1n) is 13.2. The second-order valence-electron chi connectivity index (χ2n) is 11.5. The highest BCUT2D eigenvalue weighted by Crippen LogP contribution is 2.39. The molecule has 4 rings (SSSR count). The summed E-state index contributed by atoms with van der Waals surface area (Å²) in [6, 6.07) is 1.75. The fourth-order valence-electron chi connectivity index (χ4n) is 5.11. The third-order valence-electron chi connectivity index (χ3n) is 7.11. The van der Waals surface area contributed by atoms with Gasteiger partial charge in [-0.1, -0.05) is 18.8 Å². The number of amides is 1. The second-order valence-corrected chi connectivity index (χ2v) is 13.2. The number of hydrogen-bond donors (Lipinski definition) is 1. The number of rotatable bonds is 6. The largest absolute Gasteiger partial charge is 0.477 e. The number of nitrogens with zero attached hydrogens (tertiary/aromatic N) is 3. The summed E-state index contributed by atoms with van der Waals surface area (Å²) in [6.45, 7) is 10.2. The van der Waals surface area contributed by atoms with Crippen LogP contribution < -0.4 is 9.64 Å². The van der Waals surface area contributed by atoms with E-state index in [9.17, 15) is 14.7 Å². The molecule has 2 fully saturated rings. The Hall–Kier alpha value is -2.44. The quantitative estimate of drug-likeness (QED) is 0.415. The van der Waals surface area contributed by atoms with Crippen molar-refractivity contribution in [3.8, 4) is 17.0 Å². The van der Waals surface area contributed by atoms with E-state index in [1.54, 1.807) is 0 Å². The maximum Gasteiger partial charge on any atom is 0.348 e. The molecule has 0 saturated heterocycles. The summed E-state index contributed by atoms with van der Waals surface area (Å²) in [5, 5.41) is 10.7. The molecule has 1 amide bonds. The molecule has 2 aromatic heterocycles. The van der Waals surface area contributed by atoms with Crippen molar-refractivity contribution in [3.63, 3.8) is 0 Å². The Morgan fingerprint density at radius 2 is 1.78 bits per heavy atom. The lowest BCUT2D eigenvalue weighted by atomic mass is 9.81. The monoisotopic (exact) mass is 543 g/mol. The molecule has 0 spiro atoms. The first kappa shape index (κ1) is 27.6. The molecule has 0 aliphatic heterocycles. The van der Waals surface area contributed by atoms with Crippen LogP contribution in [0.15, 0.2) is 6.07 Å². The molecule has 0 unspecified atom stereocenters. The minimum atomic E-state index is -1.01. The van der Waals surface area contributed by atoms with Crippen molar-refractivity contribution in [2.24, 2.45) is 17.3 Å². The zero-order chi connectivity index (χ0) is 26.7. The van der Waals surface area contributed by atoms with Crippen molar-refractivity contribution < 1.29 is 19.4 Å². The third-order valence-corrected chi connectivity index (χ3v) is 8.84. The van der Waals surface area contributed by atoms with Crippen molar-refractivity contribution in [2.45, 2.75) is 98.1 Å². The van der Waals surface area contributed by atoms with Crippen LogP contribution in [0.1, 0.15) is 99.4 Å². The molecule has 0 atom stereocenters. The van der Waals surface area contributed by atoms with Crippen LogP contribution in [0.25, 0.3) is 0 Å². The van der Waals surface area contributed by atoms with E-state index < -0.39 is 5.97 Å². The Morgan fingerprint density at radius 3 is 2.35 bits per heavy atom. The van der Waals surface area contributed by atoms with Crippen molar-refractivity contribution in [2.75, 3.05) is 4.90 Å². The summed E-state index contributed by atoms with van der Waals surface area (Å²) < 4.78 is 10.3. The Labute approximate surface area is 227 Å². The highest BCUT2D eigenvalue weighted by Gasteiger charge is 2.38. The zero-order valence-corrected chi connectivity index (χ0v) is 24.0. The number of hydrogen-bond acceptors (Lipinski definition) is 7. The molecule has 2 aliphatic rings. The highest BCUT2D eigenvalue weighted by molar-refractivity contribution is 7.15. The van der Waals surface area contributed by atoms with Crippen molar-refractivity contribution in [1.29, 1.82) is 0 Å². The van der Waals surface area contributed by atoms with E-state index in [4.69, 9.17) is 4.74 Å². The second kappa shape index (κ2) is 11.5. The van der Waals surface area contributed by atoms with Gasteiger partial charge in [0.05, 0.1) is 10.6 Å². The molecule has 9 heteroatoms. The van der Waals surface area contributed by atoms with Gasteiger partial charge in [-0.15, -0.1) is 11.3 Å². The minimum Gasteiger partial charge on any atom is -0.477 e. The van der Waals surface area contributed by atoms with Gasteiger partial charge in [0.25, 0.3) is 5.19 Å². The van der Waals surface area contributed by atoms with Crippen molar-refractivity contribution in [1.82, 2.24) is 9.36 Å². The topological polar surface area (TPSA) is 92.6 Å². The van der Waals surface area contributed by atoms with Gasteiger partial charge in [0.15, 0.2) is 0 Å². The number of aromatic carboxylic acids is 1. The fourth-order valence-corrected chi connectivity index (χ4v) is 6.56. The Kier molecular flexibility index (Phi) is 8.59. The van der Waals surface area contributed by atoms with E-state index in [0.717, 1.165) is 62.7 Å². The van der Waals surface area contributed by atoms with Crippen molar-refractivity contribution >= 4 is 40.4 Å². The van der Waals surface area contributed by atoms with Crippen LogP contribution in [0.4, 0.5) is 5.69 Å². The van der Waals surface area contributed by atoms with Crippen LogP contribution in [0.3, 0.4) is 0 Å². The normalized spacial score (nSPS) is 24.1. The molecule has 37 heavy (non-hydrogen) atoms. The van der Waals surface area contributed by atoms with Crippen LogP contribution >= 0.6 is 22.9 Å². The molecule has 0 radical (unpaired) electrons. The van der Waals surface area contributed by atoms with Crippen LogP contribution in [0.5, 0.6) is 5.19 Å². The highest BCUT2D eigenvalue weighted by atomic mass is 32.1. The van der Waals surface area contributed by atoms with E-state index in [0.29, 0.717) is 27.5 Å². The molecule has 0 bridgehead atoms. The summed E-state index contributed by atoms with van der Waals surface area (Å²) in [6.07, 6.45) is 6.84. The van der Waals surface area contributed by atoms with Gasteiger partial charge in [-0.25, -0.2) is 4.79 Å². The number of carboxylic acids is 1. The maximum absolute atomic E-state index is 14.0. The minimum absolute atomic E-state index is 0.0192. The van der Waals surface area contributed by atoms with Gasteiger partial charge in [-0.05, 0) is 91.0 Å². The van der Waals surface area contributed by atoms with Gasteiger partial charge < -0.3 is 14.7 Å². The number of anilines is 1. The first-order chi connectivity index (χ1) is 17.5. The zero-order valence-electron chi connectivity index (χ0n) is 22.4. The van der Waals surface area contributed by atoms with Gasteiger partial charge in [-0.2, -0.15) is 9.36 Å². The number of carbonyl (C=O) groups excluding carboxylic acids is 1. The standard InChI is InChI=1S/C28H37N3O4S2/c1-17-6-8-19(9-7-17)25(32)31(20-10-12-21(13-11-20)35-27-29-18(2)30-37-27)23-16-22(14-15-28(3,4)5)36-24(23)26(33)34/h16-17,19-21H,6-13H2,1-5H3,(H,33,34)/t17-,19-,20-,21-. The van der Waals surface area contributed by atoms with Crippen LogP contribution in [-0.2, 0) is 4.79 Å². The SMILES string of the molecule is Cc1nsc(O[C@H]2CC[C@H](N(c3cc(C#CC(C)(C)C)sc3C(=O)O)C(=O)[C@H]3CC[C@H](C)CC3)CC2)n1. The van der Waals surface area contributed by atoms with Crippen LogP contribution in [-0.4, -0.2) is 38.5 Å². The van der Waals surface area contributed by atoms with Gasteiger partial charge in [-0.3, -0.25) is 4.79 Å². The molecule has 200 valence electrons. The predicted octanol–water partition coefficient (Wildman–Crippen LogP) is 6.55. The van der Waals surface area contributed by atoms with Crippen LogP contribution in [0, 0.1) is 36.0 Å². The molecule has 7 nitrogen and oxygen atoms in total. The summed E-state index contributed by atoms with van der Waals surface area (Å²) in [7, 11) is 0. The maximum atomic E-state index is 14.0. The molecule has 2 saturated carbocycles. The van der Waals surface area contributed by atoms with Gasteiger partial charge in [0.2, 0.25) is 5.91 Å². The molecular weight excluding hydrogens is 506 g/mol. The van der Waals surface area contributed by atoms with E-state index >= 15 is 0 Å². The summed E-state index contributed by atoms with van der Waals surface area (Å²) in [5.74, 6) is 6.67. The summed E-state index contributed by atoms with van der Waals surface area (Å²) >= 11 is 2.42. The predicted molar refractivity (Wildman–Crippen MR) is 148 cm³/mol. The lowest BCUT2D eigenvalue weighted by molar-refractivity contribution is -0.124. The number of aryl methyl sites for hydroxylation is 1. The lowest BCUT2D eigenvalue weighted by Gasteiger charge is -2.39. The third kappa shape index (κ3) is 7.11. The van der Waals surface area contributed by atoms with Crippen LogP contribution in [0.2, 0.25) is 0 Å². The van der Waals surface area contributed by atoms with Gasteiger partial charge in [0, 0.05) is 28.9 Å². The van der Waals surface area contributed by atoms with Gasteiger partial charge in [0.1, 0.15) is 16.8 Å². The molecule has 2 aromatic rings. The number of thiophene rings is 1. The van der Waals surface area contributed by atoms with E-state index in [1.807, 2.05) is 38.7 Å². The van der Waals surface area contributed by atoms with Crippen molar-refractivity contribution in [3.05, 3.63) is 21.6 Å². The smallest absolute Gasteiger partial charge is 0.348 e. The molecule has 1 N–H and O–H groups in total. The Balaban J connectivity index is 1.61. The molecule has 2 aliphatic carbocycles. The average Bonchev–Trinajstić information content (AvgIpc) is 3.45. The average molecular weight is 544 g/mol. The molecule has 0 aromatic carbocycles. The Morgan fingerprint density at radius 1 is 1.11 bits per heavy atom. The number of aromatic nitrogens is 2. The molecule has 2 heterocycles. The lowest BCUT2D eigenvalue weighted by Crippen LogP contribution is -2.47. The fraction of sp³-hybridized carbons (Fsp3) is 0.643. The number of carbonyl (C=O) groups is 2. The van der Waals surface area contributed by atoms with E-state index in [2.05, 4.69) is 28.1 Å². The van der Waals surface area contributed by atoms with Gasteiger partial charge >= 0.3 is 5.97 Å².